The molecule has 0 bridgehead atoms. The summed E-state index contributed by atoms with van der Waals surface area (Å²) in [6.45, 7) is 0.693. The fraction of sp³-hybridized carbons (Fsp3) is 0.0714. The van der Waals surface area contributed by atoms with Crippen LogP contribution in [0.25, 0.3) is 0 Å². The lowest BCUT2D eigenvalue weighted by atomic mass is 10.2. The Morgan fingerprint density at radius 2 is 2.06 bits per heavy atom. The molecule has 0 radical (unpaired) electrons. The van der Waals surface area contributed by atoms with E-state index >= 15 is 0 Å². The van der Waals surface area contributed by atoms with Gasteiger partial charge in [0.05, 0.1) is 5.56 Å². The zero-order chi connectivity index (χ0) is 13.0. The first kappa shape index (κ1) is 12.9. The third kappa shape index (κ3) is 3.25. The first-order chi connectivity index (χ1) is 8.69. The van der Waals surface area contributed by atoms with Gasteiger partial charge in [-0.1, -0.05) is 23.7 Å². The van der Waals surface area contributed by atoms with E-state index in [1.54, 1.807) is 6.07 Å². The zero-order valence-corrected chi connectivity index (χ0v) is 11.8. The molecule has 0 saturated heterocycles. The summed E-state index contributed by atoms with van der Waals surface area (Å²) in [4.78, 5) is 0. The van der Waals surface area contributed by atoms with Crippen LogP contribution in [0.2, 0.25) is 5.02 Å². The summed E-state index contributed by atoms with van der Waals surface area (Å²) in [5.74, 6) is 0. The van der Waals surface area contributed by atoms with Gasteiger partial charge in [-0.2, -0.15) is 5.26 Å². The predicted octanol–water partition coefficient (Wildman–Crippen LogP) is 4.59. The molecule has 2 nitrogen and oxygen atoms in total. The quantitative estimate of drug-likeness (QED) is 0.897. The van der Waals surface area contributed by atoms with E-state index in [1.807, 2.05) is 36.4 Å². The standard InChI is InChI=1S/C14H10BrClN2/c15-14-7-13(5-4-11(14)8-17)18-9-10-2-1-3-12(16)6-10/h1-7,18H,9H2. The van der Waals surface area contributed by atoms with Crippen LogP contribution in [0.4, 0.5) is 5.69 Å². The van der Waals surface area contributed by atoms with Gasteiger partial charge in [0.1, 0.15) is 6.07 Å². The Labute approximate surface area is 119 Å². The smallest absolute Gasteiger partial charge is 0.100 e. The topological polar surface area (TPSA) is 35.8 Å². The molecule has 0 aliphatic rings. The molecule has 0 aliphatic carbocycles. The Hall–Kier alpha value is -1.50. The SMILES string of the molecule is N#Cc1ccc(NCc2cccc(Cl)c2)cc1Br. The Morgan fingerprint density at radius 1 is 1.22 bits per heavy atom. The van der Waals surface area contributed by atoms with Crippen LogP contribution < -0.4 is 5.32 Å². The number of halogens is 2. The number of nitriles is 1. The first-order valence-corrected chi connectivity index (χ1v) is 6.54. The van der Waals surface area contributed by atoms with Gasteiger partial charge in [-0.3, -0.25) is 0 Å². The lowest BCUT2D eigenvalue weighted by Gasteiger charge is -2.07. The molecule has 0 heterocycles. The van der Waals surface area contributed by atoms with E-state index in [2.05, 4.69) is 27.3 Å². The second kappa shape index (κ2) is 5.90. The Bertz CT molecular complexity index is 605. The summed E-state index contributed by atoms with van der Waals surface area (Å²) < 4.78 is 0.793. The van der Waals surface area contributed by atoms with Gasteiger partial charge in [-0.15, -0.1) is 0 Å². The van der Waals surface area contributed by atoms with Crippen molar-refractivity contribution in [2.24, 2.45) is 0 Å². The second-order valence-corrected chi connectivity index (χ2v) is 5.08. The highest BCUT2D eigenvalue weighted by atomic mass is 79.9. The van der Waals surface area contributed by atoms with Crippen molar-refractivity contribution in [1.29, 1.82) is 5.26 Å². The Balaban J connectivity index is 2.07. The number of nitrogens with zero attached hydrogens (tertiary/aromatic N) is 1. The molecule has 0 saturated carbocycles. The van der Waals surface area contributed by atoms with Crippen molar-refractivity contribution in [3.05, 3.63) is 63.1 Å². The van der Waals surface area contributed by atoms with Gasteiger partial charge in [0.25, 0.3) is 0 Å². The number of rotatable bonds is 3. The molecule has 0 aromatic heterocycles. The Morgan fingerprint density at radius 3 is 2.72 bits per heavy atom. The van der Waals surface area contributed by atoms with Gasteiger partial charge in [-0.25, -0.2) is 0 Å². The van der Waals surface area contributed by atoms with Crippen molar-refractivity contribution in [2.75, 3.05) is 5.32 Å². The lowest BCUT2D eigenvalue weighted by Crippen LogP contribution is -1.99. The maximum atomic E-state index is 8.83. The molecule has 18 heavy (non-hydrogen) atoms. The van der Waals surface area contributed by atoms with E-state index in [0.717, 1.165) is 20.7 Å². The normalized spacial score (nSPS) is 9.83. The minimum Gasteiger partial charge on any atom is -0.381 e. The van der Waals surface area contributed by atoms with Crippen LogP contribution in [0.1, 0.15) is 11.1 Å². The second-order valence-electron chi connectivity index (χ2n) is 3.79. The molecule has 4 heteroatoms. The molecule has 90 valence electrons. The summed E-state index contributed by atoms with van der Waals surface area (Å²) in [7, 11) is 0. The van der Waals surface area contributed by atoms with E-state index in [4.69, 9.17) is 16.9 Å². The van der Waals surface area contributed by atoms with Gasteiger partial charge in [-0.05, 0) is 51.8 Å². The molecule has 2 rings (SSSR count). The number of hydrogen-bond donors (Lipinski definition) is 1. The number of hydrogen-bond acceptors (Lipinski definition) is 2. The number of nitrogens with one attached hydrogen (secondary N) is 1. The van der Waals surface area contributed by atoms with Crippen LogP contribution in [0.3, 0.4) is 0 Å². The molecular formula is C14H10BrClN2. The first-order valence-electron chi connectivity index (χ1n) is 5.37. The fourth-order valence-corrected chi connectivity index (χ4v) is 2.25. The van der Waals surface area contributed by atoms with E-state index in [-0.39, 0.29) is 0 Å². The van der Waals surface area contributed by atoms with Crippen molar-refractivity contribution in [2.45, 2.75) is 6.54 Å². The lowest BCUT2D eigenvalue weighted by molar-refractivity contribution is 1.15. The predicted molar refractivity (Wildman–Crippen MR) is 77.6 cm³/mol. The molecule has 0 fully saturated rings. The van der Waals surface area contributed by atoms with Crippen LogP contribution in [0, 0.1) is 11.3 Å². The highest BCUT2D eigenvalue weighted by Crippen LogP contribution is 2.21. The van der Waals surface area contributed by atoms with Crippen molar-refractivity contribution >= 4 is 33.2 Å². The van der Waals surface area contributed by atoms with E-state index < -0.39 is 0 Å². The van der Waals surface area contributed by atoms with Crippen molar-refractivity contribution in [3.63, 3.8) is 0 Å². The summed E-state index contributed by atoms with van der Waals surface area (Å²) in [6, 6.07) is 15.4. The summed E-state index contributed by atoms with van der Waals surface area (Å²) >= 11 is 9.28. The van der Waals surface area contributed by atoms with Crippen molar-refractivity contribution in [1.82, 2.24) is 0 Å². The Kier molecular flexibility index (Phi) is 4.24. The van der Waals surface area contributed by atoms with Crippen LogP contribution in [-0.2, 0) is 6.54 Å². The van der Waals surface area contributed by atoms with Crippen LogP contribution in [-0.4, -0.2) is 0 Å². The van der Waals surface area contributed by atoms with Crippen LogP contribution in [0.15, 0.2) is 46.9 Å². The van der Waals surface area contributed by atoms with Gasteiger partial charge < -0.3 is 5.32 Å². The number of anilines is 1. The van der Waals surface area contributed by atoms with Crippen LogP contribution in [0.5, 0.6) is 0 Å². The van der Waals surface area contributed by atoms with Crippen molar-refractivity contribution < 1.29 is 0 Å². The van der Waals surface area contributed by atoms with Gasteiger partial charge in [0.2, 0.25) is 0 Å². The van der Waals surface area contributed by atoms with Gasteiger partial charge >= 0.3 is 0 Å². The maximum absolute atomic E-state index is 8.83. The molecule has 0 spiro atoms. The van der Waals surface area contributed by atoms with E-state index in [9.17, 15) is 0 Å². The van der Waals surface area contributed by atoms with Gasteiger partial charge in [0.15, 0.2) is 0 Å². The fourth-order valence-electron chi connectivity index (χ4n) is 1.57. The average molecular weight is 322 g/mol. The average Bonchev–Trinajstić information content (AvgIpc) is 2.37. The molecular weight excluding hydrogens is 312 g/mol. The molecule has 2 aromatic carbocycles. The van der Waals surface area contributed by atoms with Gasteiger partial charge in [0, 0.05) is 21.7 Å². The van der Waals surface area contributed by atoms with E-state index in [1.165, 1.54) is 0 Å². The molecule has 2 aromatic rings. The molecule has 0 amide bonds. The third-order valence-corrected chi connectivity index (χ3v) is 3.37. The summed E-state index contributed by atoms with van der Waals surface area (Å²) in [5, 5.41) is 12.8. The molecule has 0 aliphatic heterocycles. The minimum atomic E-state index is 0.628. The molecule has 1 N–H and O–H groups in total. The zero-order valence-electron chi connectivity index (χ0n) is 9.45. The summed E-state index contributed by atoms with van der Waals surface area (Å²) in [5.41, 5.74) is 2.70. The van der Waals surface area contributed by atoms with Crippen molar-refractivity contribution in [3.8, 4) is 6.07 Å². The van der Waals surface area contributed by atoms with E-state index in [0.29, 0.717) is 12.1 Å². The highest BCUT2D eigenvalue weighted by molar-refractivity contribution is 9.10. The largest absolute Gasteiger partial charge is 0.381 e. The monoisotopic (exact) mass is 320 g/mol. The minimum absolute atomic E-state index is 0.628. The third-order valence-electron chi connectivity index (χ3n) is 2.48. The highest BCUT2D eigenvalue weighted by Gasteiger charge is 2.00. The molecule has 0 atom stereocenters. The number of benzene rings is 2. The molecule has 0 unspecified atom stereocenters. The maximum Gasteiger partial charge on any atom is 0.100 e. The summed E-state index contributed by atoms with van der Waals surface area (Å²) in [6.07, 6.45) is 0. The van der Waals surface area contributed by atoms with Crippen LogP contribution >= 0.6 is 27.5 Å².